The van der Waals surface area contributed by atoms with Gasteiger partial charge in [-0.1, -0.05) is 19.9 Å². The van der Waals surface area contributed by atoms with E-state index in [1.807, 2.05) is 12.2 Å². The Morgan fingerprint density at radius 1 is 1.55 bits per heavy atom. The summed E-state index contributed by atoms with van der Waals surface area (Å²) >= 11 is 0. The van der Waals surface area contributed by atoms with Crippen molar-refractivity contribution < 1.29 is 4.79 Å². The summed E-state index contributed by atoms with van der Waals surface area (Å²) in [6.07, 6.45) is 6.21. The lowest BCUT2D eigenvalue weighted by Crippen LogP contribution is -2.09. The minimum absolute atomic E-state index is 0.353. The summed E-state index contributed by atoms with van der Waals surface area (Å²) < 4.78 is 0. The van der Waals surface area contributed by atoms with E-state index in [-0.39, 0.29) is 0 Å². The van der Waals surface area contributed by atoms with Crippen molar-refractivity contribution in [2.75, 3.05) is 6.67 Å². The number of carbonyl (C=O) groups excluding carboxylic acids is 1. The fourth-order valence-corrected chi connectivity index (χ4v) is 0.475. The summed E-state index contributed by atoms with van der Waals surface area (Å²) in [6, 6.07) is 0. The maximum atomic E-state index is 9.74. The molecule has 62 valence electrons. The Hall–Kier alpha value is -1.12. The maximum absolute atomic E-state index is 9.74. The van der Waals surface area contributed by atoms with Gasteiger partial charge in [-0.25, -0.2) is 0 Å². The summed E-state index contributed by atoms with van der Waals surface area (Å²) in [5, 5.41) is 2.42. The molecule has 0 unspecified atom stereocenters. The highest BCUT2D eigenvalue weighted by Crippen LogP contribution is 1.90. The van der Waals surface area contributed by atoms with Crippen molar-refractivity contribution >= 4 is 12.6 Å². The number of nitrogens with one attached hydrogen (secondary N) is 1. The van der Waals surface area contributed by atoms with Crippen molar-refractivity contribution in [1.29, 1.82) is 0 Å². The predicted molar refractivity (Wildman–Crippen MR) is 46.5 cm³/mol. The van der Waals surface area contributed by atoms with Gasteiger partial charge in [-0.15, -0.1) is 0 Å². The third-order valence-electron chi connectivity index (χ3n) is 0.953. The molecule has 0 saturated heterocycles. The molecule has 0 rings (SSSR count). The number of allylic oxidation sites excluding steroid dienone is 2. The number of aliphatic imine (C=N–C) groups is 1. The zero-order chi connectivity index (χ0) is 8.53. The first-order valence-electron chi connectivity index (χ1n) is 3.61. The van der Waals surface area contributed by atoms with E-state index in [2.05, 4.69) is 24.2 Å². The average Bonchev–Trinajstić information content (AvgIpc) is 1.96. The van der Waals surface area contributed by atoms with E-state index < -0.39 is 0 Å². The van der Waals surface area contributed by atoms with Crippen molar-refractivity contribution in [3.63, 3.8) is 0 Å². The van der Waals surface area contributed by atoms with Gasteiger partial charge in [-0.3, -0.25) is 9.79 Å². The molecule has 0 aromatic rings. The zero-order valence-corrected chi connectivity index (χ0v) is 6.95. The van der Waals surface area contributed by atoms with Crippen LogP contribution >= 0.6 is 0 Å². The van der Waals surface area contributed by atoms with E-state index in [1.54, 1.807) is 6.21 Å². The molecule has 0 saturated carbocycles. The Bertz CT molecular complexity index is 150. The molecule has 0 spiro atoms. The number of amides is 1. The molecule has 0 bridgehead atoms. The second-order valence-electron chi connectivity index (χ2n) is 2.44. The molecule has 0 heterocycles. The van der Waals surface area contributed by atoms with E-state index in [9.17, 15) is 4.79 Å². The van der Waals surface area contributed by atoms with Crippen LogP contribution in [0.5, 0.6) is 0 Å². The molecule has 3 heteroatoms. The average molecular weight is 154 g/mol. The van der Waals surface area contributed by atoms with Crippen molar-refractivity contribution in [1.82, 2.24) is 5.32 Å². The number of nitrogens with zero attached hydrogens (tertiary/aromatic N) is 1. The van der Waals surface area contributed by atoms with Crippen molar-refractivity contribution in [3.8, 4) is 0 Å². The molecule has 0 fully saturated rings. The smallest absolute Gasteiger partial charge is 0.208 e. The molecular weight excluding hydrogens is 140 g/mol. The fraction of sp³-hybridized carbons (Fsp3) is 0.500. The SMILES string of the molecule is CC(C)/C=C\C=NCNC=O. The Labute approximate surface area is 67.2 Å². The van der Waals surface area contributed by atoms with Crippen LogP contribution in [0.15, 0.2) is 17.1 Å². The Kier molecular flexibility index (Phi) is 6.28. The van der Waals surface area contributed by atoms with Crippen LogP contribution in [0.4, 0.5) is 0 Å². The molecular formula is C8H14N2O. The normalized spacial score (nSPS) is 11.5. The Balaban J connectivity index is 3.35. The number of hydrogen-bond donors (Lipinski definition) is 1. The first kappa shape index (κ1) is 9.88. The molecule has 11 heavy (non-hydrogen) atoms. The minimum atomic E-state index is 0.353. The highest BCUT2D eigenvalue weighted by Gasteiger charge is 1.79. The van der Waals surface area contributed by atoms with E-state index in [0.29, 0.717) is 19.0 Å². The van der Waals surface area contributed by atoms with Crippen molar-refractivity contribution in [2.45, 2.75) is 13.8 Å². The van der Waals surface area contributed by atoms with E-state index in [0.717, 1.165) is 0 Å². The van der Waals surface area contributed by atoms with Gasteiger partial charge in [0.15, 0.2) is 0 Å². The third-order valence-corrected chi connectivity index (χ3v) is 0.953. The molecule has 1 N–H and O–H groups in total. The van der Waals surface area contributed by atoms with Crippen LogP contribution in [0.1, 0.15) is 13.8 Å². The van der Waals surface area contributed by atoms with E-state index in [4.69, 9.17) is 0 Å². The largest absolute Gasteiger partial charge is 0.340 e. The first-order chi connectivity index (χ1) is 5.27. The molecule has 0 aromatic carbocycles. The van der Waals surface area contributed by atoms with Crippen LogP contribution in [0.3, 0.4) is 0 Å². The standard InChI is InChI=1S/C8H14N2O/c1-8(2)4-3-5-9-6-10-7-11/h3-5,7-8H,6H2,1-2H3,(H,10,11)/b4-3-,9-5?. The summed E-state index contributed by atoms with van der Waals surface area (Å²) in [6.45, 7) is 4.54. The number of carbonyl (C=O) groups is 1. The first-order valence-corrected chi connectivity index (χ1v) is 3.61. The summed E-state index contributed by atoms with van der Waals surface area (Å²) in [5.41, 5.74) is 0. The monoisotopic (exact) mass is 154 g/mol. The maximum Gasteiger partial charge on any atom is 0.208 e. The van der Waals surface area contributed by atoms with Gasteiger partial charge in [0.05, 0.1) is 0 Å². The second-order valence-corrected chi connectivity index (χ2v) is 2.44. The zero-order valence-electron chi connectivity index (χ0n) is 6.95. The molecule has 0 aliphatic heterocycles. The third kappa shape index (κ3) is 8.88. The van der Waals surface area contributed by atoms with E-state index in [1.165, 1.54) is 0 Å². The highest BCUT2D eigenvalue weighted by atomic mass is 16.1. The lowest BCUT2D eigenvalue weighted by Gasteiger charge is -1.89. The number of hydrogen-bond acceptors (Lipinski definition) is 2. The Morgan fingerprint density at radius 3 is 2.82 bits per heavy atom. The van der Waals surface area contributed by atoms with Gasteiger partial charge < -0.3 is 5.32 Å². The number of rotatable bonds is 5. The van der Waals surface area contributed by atoms with E-state index >= 15 is 0 Å². The lowest BCUT2D eigenvalue weighted by atomic mass is 10.2. The van der Waals surface area contributed by atoms with Gasteiger partial charge in [-0.2, -0.15) is 0 Å². The quantitative estimate of drug-likeness (QED) is 0.358. The second kappa shape index (κ2) is 6.99. The van der Waals surface area contributed by atoms with Crippen molar-refractivity contribution in [2.24, 2.45) is 10.9 Å². The molecule has 1 amide bonds. The van der Waals surface area contributed by atoms with Crippen LogP contribution in [0, 0.1) is 5.92 Å². The molecule has 3 nitrogen and oxygen atoms in total. The molecule has 0 atom stereocenters. The lowest BCUT2D eigenvalue weighted by molar-refractivity contribution is -0.109. The van der Waals surface area contributed by atoms with Crippen LogP contribution in [0.25, 0.3) is 0 Å². The van der Waals surface area contributed by atoms with Gasteiger partial charge in [0.2, 0.25) is 6.41 Å². The van der Waals surface area contributed by atoms with Gasteiger partial charge in [0.1, 0.15) is 6.67 Å². The van der Waals surface area contributed by atoms with Crippen LogP contribution in [0.2, 0.25) is 0 Å². The van der Waals surface area contributed by atoms with Gasteiger partial charge in [0.25, 0.3) is 0 Å². The topological polar surface area (TPSA) is 41.5 Å². The van der Waals surface area contributed by atoms with Crippen LogP contribution < -0.4 is 5.32 Å². The van der Waals surface area contributed by atoms with Gasteiger partial charge >= 0.3 is 0 Å². The molecule has 0 aliphatic rings. The Morgan fingerprint density at radius 2 is 2.27 bits per heavy atom. The summed E-state index contributed by atoms with van der Waals surface area (Å²) in [7, 11) is 0. The van der Waals surface area contributed by atoms with Crippen LogP contribution in [-0.4, -0.2) is 19.3 Å². The summed E-state index contributed by atoms with van der Waals surface area (Å²) in [5.74, 6) is 0.542. The minimum Gasteiger partial charge on any atom is -0.340 e. The predicted octanol–water partition coefficient (Wildman–Crippen LogP) is 0.973. The molecule has 0 aromatic heterocycles. The van der Waals surface area contributed by atoms with Gasteiger partial charge in [0, 0.05) is 6.21 Å². The molecule has 0 radical (unpaired) electrons. The fourth-order valence-electron chi connectivity index (χ4n) is 0.475. The van der Waals surface area contributed by atoms with Crippen molar-refractivity contribution in [3.05, 3.63) is 12.2 Å². The summed E-state index contributed by atoms with van der Waals surface area (Å²) in [4.78, 5) is 13.6. The van der Waals surface area contributed by atoms with Gasteiger partial charge in [-0.05, 0) is 12.0 Å². The van der Waals surface area contributed by atoms with Crippen LogP contribution in [-0.2, 0) is 4.79 Å². The molecule has 0 aliphatic carbocycles. The highest BCUT2D eigenvalue weighted by molar-refractivity contribution is 5.71.